The lowest BCUT2D eigenvalue weighted by Crippen LogP contribution is -2.46. The molecule has 0 aromatic carbocycles. The molecule has 2 aliphatic heterocycles. The summed E-state index contributed by atoms with van der Waals surface area (Å²) in [4.78, 5) is 20.6. The number of aliphatic hydroxyl groups excluding tert-OH is 1. The van der Waals surface area contributed by atoms with E-state index in [1.807, 2.05) is 6.92 Å². The van der Waals surface area contributed by atoms with Gasteiger partial charge in [-0.25, -0.2) is 4.98 Å². The number of piperidine rings is 1. The Balaban J connectivity index is 1.69. The van der Waals surface area contributed by atoms with Gasteiger partial charge in [-0.1, -0.05) is 13.3 Å². The van der Waals surface area contributed by atoms with Crippen LogP contribution in [0.25, 0.3) is 0 Å². The molecule has 116 valence electrons. The summed E-state index contributed by atoms with van der Waals surface area (Å²) >= 11 is 0. The van der Waals surface area contributed by atoms with Crippen LogP contribution in [-0.4, -0.2) is 64.1 Å². The van der Waals surface area contributed by atoms with E-state index in [-0.39, 0.29) is 11.9 Å². The third-order valence-corrected chi connectivity index (χ3v) is 4.57. The summed E-state index contributed by atoms with van der Waals surface area (Å²) in [7, 11) is 0. The van der Waals surface area contributed by atoms with Crippen LogP contribution in [0, 0.1) is 0 Å². The van der Waals surface area contributed by atoms with E-state index in [1.54, 1.807) is 4.90 Å². The summed E-state index contributed by atoms with van der Waals surface area (Å²) in [5, 5.41) is 10.3. The second-order valence-electron chi connectivity index (χ2n) is 5.92. The summed E-state index contributed by atoms with van der Waals surface area (Å²) in [6, 6.07) is 0.0613. The maximum absolute atomic E-state index is 12.5. The summed E-state index contributed by atoms with van der Waals surface area (Å²) in [5.41, 5.74) is 0.393. The average Bonchev–Trinajstić information content (AvgIpc) is 3.13. The van der Waals surface area contributed by atoms with Crippen molar-refractivity contribution < 1.29 is 14.3 Å². The Labute approximate surface area is 124 Å². The first-order chi connectivity index (χ1) is 10.2. The summed E-state index contributed by atoms with van der Waals surface area (Å²) in [5.74, 6) is 0.495. The lowest BCUT2D eigenvalue weighted by molar-refractivity contribution is 0.0702. The van der Waals surface area contributed by atoms with E-state index in [9.17, 15) is 9.90 Å². The van der Waals surface area contributed by atoms with Crippen LogP contribution in [0.1, 0.15) is 42.4 Å². The fraction of sp³-hybridized carbons (Fsp3) is 0.733. The topological polar surface area (TPSA) is 69.8 Å². The monoisotopic (exact) mass is 293 g/mol. The Bertz CT molecular complexity index is 496. The second kappa shape index (κ2) is 6.15. The van der Waals surface area contributed by atoms with Gasteiger partial charge in [-0.05, 0) is 25.9 Å². The molecule has 2 aliphatic rings. The number of aliphatic hydroxyl groups is 1. The molecule has 2 saturated heterocycles. The van der Waals surface area contributed by atoms with Gasteiger partial charge >= 0.3 is 0 Å². The van der Waals surface area contributed by atoms with Crippen molar-refractivity contribution in [2.75, 3.05) is 26.2 Å². The first-order valence-corrected chi connectivity index (χ1v) is 7.84. The molecule has 1 aromatic rings. The molecule has 0 bridgehead atoms. The third-order valence-electron chi connectivity index (χ3n) is 4.57. The fourth-order valence-corrected chi connectivity index (χ4v) is 3.39. The van der Waals surface area contributed by atoms with Gasteiger partial charge in [0.1, 0.15) is 5.76 Å². The Hall–Kier alpha value is -1.40. The molecule has 2 fully saturated rings. The minimum absolute atomic E-state index is 0.0613. The van der Waals surface area contributed by atoms with Crippen LogP contribution in [-0.2, 0) is 6.42 Å². The predicted molar refractivity (Wildman–Crippen MR) is 77.0 cm³/mol. The number of hydrogen-bond acceptors (Lipinski definition) is 5. The van der Waals surface area contributed by atoms with Crippen molar-refractivity contribution in [3.63, 3.8) is 0 Å². The zero-order valence-electron chi connectivity index (χ0n) is 12.5. The van der Waals surface area contributed by atoms with E-state index in [0.29, 0.717) is 31.0 Å². The highest BCUT2D eigenvalue weighted by Gasteiger charge is 2.39. The van der Waals surface area contributed by atoms with Gasteiger partial charge in [-0.15, -0.1) is 0 Å². The number of hydrogen-bond donors (Lipinski definition) is 1. The molecular weight excluding hydrogens is 270 g/mol. The Kier molecular flexibility index (Phi) is 4.26. The van der Waals surface area contributed by atoms with E-state index in [2.05, 4.69) is 9.88 Å². The highest BCUT2D eigenvalue weighted by atomic mass is 16.3. The molecule has 3 rings (SSSR count). The Morgan fingerprint density at radius 1 is 1.38 bits per heavy atom. The van der Waals surface area contributed by atoms with Gasteiger partial charge in [0.25, 0.3) is 5.91 Å². The number of likely N-dealkylation sites (tertiary alicyclic amines) is 2. The number of carbonyl (C=O) groups is 1. The molecule has 2 atom stereocenters. The molecule has 1 aromatic heterocycles. The molecule has 6 heteroatoms. The van der Waals surface area contributed by atoms with Crippen molar-refractivity contribution in [3.8, 4) is 0 Å². The maximum atomic E-state index is 12.5. The molecule has 6 nitrogen and oxygen atoms in total. The summed E-state index contributed by atoms with van der Waals surface area (Å²) in [6.45, 7) is 4.94. The molecule has 0 radical (unpaired) electrons. The SMILES string of the molecule is CCc1ocnc1C(=O)N1C[C@H](O)[C@@H](N2CCCCC2)C1. The van der Waals surface area contributed by atoms with E-state index in [4.69, 9.17) is 4.42 Å². The van der Waals surface area contributed by atoms with E-state index in [1.165, 1.54) is 25.7 Å². The quantitative estimate of drug-likeness (QED) is 0.897. The van der Waals surface area contributed by atoms with Gasteiger partial charge < -0.3 is 14.4 Å². The van der Waals surface area contributed by atoms with Gasteiger partial charge in [-0.3, -0.25) is 9.69 Å². The van der Waals surface area contributed by atoms with Crippen LogP contribution >= 0.6 is 0 Å². The van der Waals surface area contributed by atoms with Crippen molar-refractivity contribution in [1.29, 1.82) is 0 Å². The van der Waals surface area contributed by atoms with Crippen LogP contribution < -0.4 is 0 Å². The molecule has 0 aliphatic carbocycles. The third kappa shape index (κ3) is 2.82. The number of nitrogens with zero attached hydrogens (tertiary/aromatic N) is 3. The molecule has 0 saturated carbocycles. The molecule has 1 N–H and O–H groups in total. The lowest BCUT2D eigenvalue weighted by Gasteiger charge is -2.33. The highest BCUT2D eigenvalue weighted by Crippen LogP contribution is 2.22. The zero-order valence-corrected chi connectivity index (χ0v) is 12.5. The zero-order chi connectivity index (χ0) is 14.8. The van der Waals surface area contributed by atoms with Crippen LogP contribution in [0.5, 0.6) is 0 Å². The Morgan fingerprint density at radius 2 is 2.14 bits per heavy atom. The van der Waals surface area contributed by atoms with Gasteiger partial charge in [0.05, 0.1) is 12.1 Å². The number of aryl methyl sites for hydroxylation is 1. The minimum atomic E-state index is -0.468. The fourth-order valence-electron chi connectivity index (χ4n) is 3.39. The first-order valence-electron chi connectivity index (χ1n) is 7.84. The van der Waals surface area contributed by atoms with E-state index >= 15 is 0 Å². The van der Waals surface area contributed by atoms with Crippen molar-refractivity contribution in [3.05, 3.63) is 17.8 Å². The predicted octanol–water partition coefficient (Wildman–Crippen LogP) is 0.908. The average molecular weight is 293 g/mol. The molecule has 3 heterocycles. The smallest absolute Gasteiger partial charge is 0.276 e. The van der Waals surface area contributed by atoms with E-state index < -0.39 is 6.10 Å². The van der Waals surface area contributed by atoms with Crippen molar-refractivity contribution in [2.24, 2.45) is 0 Å². The number of aromatic nitrogens is 1. The highest BCUT2D eigenvalue weighted by molar-refractivity contribution is 5.93. The van der Waals surface area contributed by atoms with Gasteiger partial charge in [-0.2, -0.15) is 0 Å². The van der Waals surface area contributed by atoms with Gasteiger partial charge in [0.2, 0.25) is 0 Å². The molecule has 1 amide bonds. The minimum Gasteiger partial charge on any atom is -0.448 e. The first kappa shape index (κ1) is 14.5. The van der Waals surface area contributed by atoms with Crippen LogP contribution in [0.2, 0.25) is 0 Å². The summed E-state index contributed by atoms with van der Waals surface area (Å²) < 4.78 is 5.23. The maximum Gasteiger partial charge on any atom is 0.276 e. The van der Waals surface area contributed by atoms with Crippen molar-refractivity contribution >= 4 is 5.91 Å². The number of rotatable bonds is 3. The van der Waals surface area contributed by atoms with Gasteiger partial charge in [0.15, 0.2) is 12.1 Å². The molecule has 21 heavy (non-hydrogen) atoms. The largest absolute Gasteiger partial charge is 0.448 e. The van der Waals surface area contributed by atoms with Crippen LogP contribution in [0.15, 0.2) is 10.8 Å². The normalized spacial score (nSPS) is 27.2. The lowest BCUT2D eigenvalue weighted by atomic mass is 10.1. The molecule has 0 unspecified atom stereocenters. The summed E-state index contributed by atoms with van der Waals surface area (Å²) in [6.07, 6.45) is 5.12. The van der Waals surface area contributed by atoms with Gasteiger partial charge in [0, 0.05) is 19.5 Å². The molecule has 0 spiro atoms. The van der Waals surface area contributed by atoms with Crippen LogP contribution in [0.3, 0.4) is 0 Å². The second-order valence-corrected chi connectivity index (χ2v) is 5.92. The van der Waals surface area contributed by atoms with Crippen molar-refractivity contribution in [1.82, 2.24) is 14.8 Å². The Morgan fingerprint density at radius 3 is 2.86 bits per heavy atom. The number of β-amino-alcohol motifs (C(OH)–C–C–N with tert-alkyl or cyclic N) is 1. The standard InChI is InChI=1S/C15H23N3O3/c1-2-13-14(16-10-21-13)15(20)18-8-11(12(19)9-18)17-6-4-3-5-7-17/h10-12,19H,2-9H2,1H3/t11-,12-/m0/s1. The molecular formula is C15H23N3O3. The van der Waals surface area contributed by atoms with Crippen molar-refractivity contribution in [2.45, 2.75) is 44.8 Å². The van der Waals surface area contributed by atoms with E-state index in [0.717, 1.165) is 13.1 Å². The number of carbonyl (C=O) groups excluding carboxylic acids is 1. The number of amides is 1. The number of oxazole rings is 1. The van der Waals surface area contributed by atoms with Crippen LogP contribution in [0.4, 0.5) is 0 Å².